The normalized spacial score (nSPS) is 11.7. The van der Waals surface area contributed by atoms with E-state index in [0.717, 1.165) is 21.5 Å². The van der Waals surface area contributed by atoms with Gasteiger partial charge in [-0.25, -0.2) is 5.43 Å². The van der Waals surface area contributed by atoms with Crippen LogP contribution in [0.25, 0.3) is 10.9 Å². The molecule has 4 nitrogen and oxygen atoms in total. The molecule has 23 heavy (non-hydrogen) atoms. The number of halogens is 1. The van der Waals surface area contributed by atoms with Crippen LogP contribution in [0.3, 0.4) is 0 Å². The van der Waals surface area contributed by atoms with Gasteiger partial charge in [0.2, 0.25) is 0 Å². The monoisotopic (exact) mass is 343 g/mol. The van der Waals surface area contributed by atoms with Crippen molar-refractivity contribution in [1.82, 2.24) is 10.4 Å². The first-order valence-corrected chi connectivity index (χ1v) is 8.21. The highest BCUT2D eigenvalue weighted by molar-refractivity contribution is 7.18. The molecule has 0 spiro atoms. The van der Waals surface area contributed by atoms with Crippen molar-refractivity contribution in [2.24, 2.45) is 5.10 Å². The Kier molecular flexibility index (Phi) is 4.41. The number of hydrogen-bond donors (Lipinski definition) is 1. The fraction of sp³-hybridized carbons (Fsp3) is 0.118. The summed E-state index contributed by atoms with van der Waals surface area (Å²) in [5, 5.41) is 4.98. The van der Waals surface area contributed by atoms with Crippen LogP contribution in [0, 0.1) is 6.92 Å². The number of rotatable bonds is 3. The van der Waals surface area contributed by atoms with E-state index in [-0.39, 0.29) is 5.91 Å². The second-order valence-corrected chi connectivity index (χ2v) is 6.79. The van der Waals surface area contributed by atoms with Crippen molar-refractivity contribution in [3.8, 4) is 0 Å². The molecule has 0 saturated carbocycles. The average molecular weight is 344 g/mol. The number of nitrogens with zero attached hydrogens (tertiary/aromatic N) is 2. The van der Waals surface area contributed by atoms with Crippen LogP contribution in [0.15, 0.2) is 47.6 Å². The quantitative estimate of drug-likeness (QED) is 0.565. The Labute approximate surface area is 142 Å². The van der Waals surface area contributed by atoms with E-state index in [1.165, 1.54) is 11.3 Å². The van der Waals surface area contributed by atoms with E-state index in [0.29, 0.717) is 15.6 Å². The lowest BCUT2D eigenvalue weighted by atomic mass is 10.1. The van der Waals surface area contributed by atoms with E-state index < -0.39 is 0 Å². The third kappa shape index (κ3) is 3.41. The first-order valence-electron chi connectivity index (χ1n) is 7.01. The number of carbonyl (C=O) groups is 1. The van der Waals surface area contributed by atoms with Crippen LogP contribution in [0.5, 0.6) is 0 Å². The molecule has 2 aromatic heterocycles. The predicted octanol–water partition coefficient (Wildman–Crippen LogP) is 4.41. The van der Waals surface area contributed by atoms with E-state index in [1.54, 1.807) is 6.07 Å². The minimum absolute atomic E-state index is 0.256. The summed E-state index contributed by atoms with van der Waals surface area (Å²) < 4.78 is 0.691. The molecule has 1 N–H and O–H groups in total. The SMILES string of the molecule is C/C(=N/NC(=O)c1cc(C)nc2ccccc12)c1ccc(Cl)s1. The van der Waals surface area contributed by atoms with Crippen molar-refractivity contribution in [1.29, 1.82) is 0 Å². The highest BCUT2D eigenvalue weighted by Crippen LogP contribution is 2.22. The number of benzene rings is 1. The fourth-order valence-corrected chi connectivity index (χ4v) is 3.24. The zero-order valence-corrected chi connectivity index (χ0v) is 14.2. The van der Waals surface area contributed by atoms with Crippen molar-refractivity contribution in [3.05, 3.63) is 62.9 Å². The largest absolute Gasteiger partial charge is 0.272 e. The maximum Gasteiger partial charge on any atom is 0.272 e. The molecule has 0 saturated heterocycles. The first-order chi connectivity index (χ1) is 11.0. The van der Waals surface area contributed by atoms with E-state index in [1.807, 2.05) is 50.2 Å². The number of para-hydroxylation sites is 1. The number of nitrogens with one attached hydrogen (secondary N) is 1. The van der Waals surface area contributed by atoms with Crippen molar-refractivity contribution < 1.29 is 4.79 Å². The maximum atomic E-state index is 12.5. The Morgan fingerprint density at radius 1 is 1.26 bits per heavy atom. The molecular formula is C17H14ClN3OS. The number of fused-ring (bicyclic) bond motifs is 1. The molecule has 0 aliphatic heterocycles. The summed E-state index contributed by atoms with van der Waals surface area (Å²) in [7, 11) is 0. The van der Waals surface area contributed by atoms with E-state index >= 15 is 0 Å². The van der Waals surface area contributed by atoms with E-state index in [4.69, 9.17) is 11.6 Å². The fourth-order valence-electron chi connectivity index (χ4n) is 2.25. The zero-order valence-electron chi connectivity index (χ0n) is 12.6. The molecule has 1 aromatic carbocycles. The van der Waals surface area contributed by atoms with Crippen molar-refractivity contribution in [3.63, 3.8) is 0 Å². The van der Waals surface area contributed by atoms with Gasteiger partial charge in [0, 0.05) is 11.1 Å². The number of aryl methyl sites for hydroxylation is 1. The number of aromatic nitrogens is 1. The Bertz CT molecular complexity index is 917. The van der Waals surface area contributed by atoms with Crippen LogP contribution in [0.4, 0.5) is 0 Å². The molecule has 1 amide bonds. The number of thiophene rings is 1. The second-order valence-electron chi connectivity index (χ2n) is 5.07. The summed E-state index contributed by atoms with van der Waals surface area (Å²) in [4.78, 5) is 17.8. The Morgan fingerprint density at radius 3 is 2.78 bits per heavy atom. The molecule has 3 rings (SSSR count). The molecular weight excluding hydrogens is 330 g/mol. The lowest BCUT2D eigenvalue weighted by Crippen LogP contribution is -2.19. The van der Waals surface area contributed by atoms with Gasteiger partial charge in [0.05, 0.1) is 26.0 Å². The van der Waals surface area contributed by atoms with Crippen molar-refractivity contribution in [2.75, 3.05) is 0 Å². The highest BCUT2D eigenvalue weighted by Gasteiger charge is 2.11. The summed E-state index contributed by atoms with van der Waals surface area (Å²) in [6.07, 6.45) is 0. The third-order valence-electron chi connectivity index (χ3n) is 3.34. The maximum absolute atomic E-state index is 12.5. The minimum atomic E-state index is -0.256. The van der Waals surface area contributed by atoms with Crippen molar-refractivity contribution in [2.45, 2.75) is 13.8 Å². The smallest absolute Gasteiger partial charge is 0.267 e. The molecule has 0 aliphatic rings. The molecule has 6 heteroatoms. The number of pyridine rings is 1. The molecule has 0 radical (unpaired) electrons. The highest BCUT2D eigenvalue weighted by atomic mass is 35.5. The molecule has 0 atom stereocenters. The molecule has 0 bridgehead atoms. The van der Waals surface area contributed by atoms with Crippen LogP contribution >= 0.6 is 22.9 Å². The number of carbonyl (C=O) groups excluding carboxylic acids is 1. The Morgan fingerprint density at radius 2 is 2.04 bits per heavy atom. The standard InChI is InChI=1S/C17H14ClN3OS/c1-10-9-13(12-5-3-4-6-14(12)19-10)17(22)21-20-11(2)15-7-8-16(18)23-15/h3-9H,1-2H3,(H,21,22)/b20-11-. The second kappa shape index (κ2) is 6.48. The average Bonchev–Trinajstić information content (AvgIpc) is 2.98. The summed E-state index contributed by atoms with van der Waals surface area (Å²) in [6, 6.07) is 13.0. The number of hydrogen-bond acceptors (Lipinski definition) is 4. The molecule has 116 valence electrons. The Balaban J connectivity index is 1.89. The van der Waals surface area contributed by atoms with Crippen LogP contribution in [-0.4, -0.2) is 16.6 Å². The number of hydrazone groups is 1. The van der Waals surface area contributed by atoms with Gasteiger partial charge >= 0.3 is 0 Å². The molecule has 0 aliphatic carbocycles. The van der Waals surface area contributed by atoms with Crippen LogP contribution < -0.4 is 5.43 Å². The van der Waals surface area contributed by atoms with Gasteiger partial charge < -0.3 is 0 Å². The minimum Gasteiger partial charge on any atom is -0.267 e. The first kappa shape index (κ1) is 15.6. The predicted molar refractivity (Wildman–Crippen MR) is 95.5 cm³/mol. The van der Waals surface area contributed by atoms with Gasteiger partial charge in [0.15, 0.2) is 0 Å². The number of amides is 1. The van der Waals surface area contributed by atoms with E-state index in [2.05, 4.69) is 15.5 Å². The van der Waals surface area contributed by atoms with E-state index in [9.17, 15) is 4.79 Å². The molecule has 0 unspecified atom stereocenters. The van der Waals surface area contributed by atoms with Gasteiger partial charge in [-0.05, 0) is 38.1 Å². The van der Waals surface area contributed by atoms with Gasteiger partial charge in [-0.15, -0.1) is 11.3 Å². The van der Waals surface area contributed by atoms with Crippen LogP contribution in [0.1, 0.15) is 27.9 Å². The molecule has 2 heterocycles. The van der Waals surface area contributed by atoms with Gasteiger partial charge in [-0.2, -0.15) is 5.10 Å². The van der Waals surface area contributed by atoms with Gasteiger partial charge in [-0.1, -0.05) is 29.8 Å². The van der Waals surface area contributed by atoms with Crippen molar-refractivity contribution >= 4 is 45.5 Å². The third-order valence-corrected chi connectivity index (χ3v) is 4.68. The summed E-state index contributed by atoms with van der Waals surface area (Å²) in [6.45, 7) is 3.70. The van der Waals surface area contributed by atoms with Crippen LogP contribution in [-0.2, 0) is 0 Å². The van der Waals surface area contributed by atoms with Gasteiger partial charge in [0.25, 0.3) is 5.91 Å². The van der Waals surface area contributed by atoms with Crippen LogP contribution in [0.2, 0.25) is 4.34 Å². The lowest BCUT2D eigenvalue weighted by Gasteiger charge is -2.07. The summed E-state index contributed by atoms with van der Waals surface area (Å²) >= 11 is 7.34. The Hall–Kier alpha value is -2.24. The lowest BCUT2D eigenvalue weighted by molar-refractivity contribution is 0.0956. The summed E-state index contributed by atoms with van der Waals surface area (Å²) in [5.74, 6) is -0.256. The van der Waals surface area contributed by atoms with Gasteiger partial charge in [-0.3, -0.25) is 9.78 Å². The summed E-state index contributed by atoms with van der Waals surface area (Å²) in [5.41, 5.74) is 5.47. The van der Waals surface area contributed by atoms with Gasteiger partial charge in [0.1, 0.15) is 0 Å². The molecule has 3 aromatic rings. The topological polar surface area (TPSA) is 54.4 Å². The zero-order chi connectivity index (χ0) is 16.4. The molecule has 0 fully saturated rings.